The molecule has 0 radical (unpaired) electrons. The Kier molecular flexibility index (Phi) is 4.47. The third-order valence-corrected chi connectivity index (χ3v) is 3.94. The quantitative estimate of drug-likeness (QED) is 0.888. The number of aryl methyl sites for hydroxylation is 1. The van der Waals surface area contributed by atoms with Gasteiger partial charge in [-0.2, -0.15) is 0 Å². The van der Waals surface area contributed by atoms with Crippen molar-refractivity contribution in [3.05, 3.63) is 23.7 Å². The third-order valence-electron chi connectivity index (χ3n) is 3.94. The van der Waals surface area contributed by atoms with Crippen molar-refractivity contribution in [3.8, 4) is 0 Å². The van der Waals surface area contributed by atoms with Gasteiger partial charge < -0.3 is 14.8 Å². The van der Waals surface area contributed by atoms with Crippen LogP contribution in [0.15, 0.2) is 16.5 Å². The number of carbonyl (C=O) groups is 2. The molecule has 1 aliphatic carbocycles. The van der Waals surface area contributed by atoms with Gasteiger partial charge in [-0.15, -0.1) is 0 Å². The van der Waals surface area contributed by atoms with Crippen molar-refractivity contribution in [2.75, 3.05) is 0 Å². The number of amides is 1. The van der Waals surface area contributed by atoms with E-state index in [1.165, 1.54) is 0 Å². The zero-order valence-electron chi connectivity index (χ0n) is 11.9. The van der Waals surface area contributed by atoms with E-state index >= 15 is 0 Å². The molecule has 20 heavy (non-hydrogen) atoms. The van der Waals surface area contributed by atoms with Crippen molar-refractivity contribution in [3.63, 3.8) is 0 Å². The maximum absolute atomic E-state index is 12.2. The molecule has 1 aliphatic rings. The Morgan fingerprint density at radius 2 is 2.05 bits per heavy atom. The monoisotopic (exact) mass is 279 g/mol. The minimum absolute atomic E-state index is 0.0718. The van der Waals surface area contributed by atoms with E-state index in [0.29, 0.717) is 12.8 Å². The summed E-state index contributed by atoms with van der Waals surface area (Å²) in [7, 11) is 0. The van der Waals surface area contributed by atoms with E-state index in [2.05, 4.69) is 5.32 Å². The molecule has 1 saturated carbocycles. The zero-order chi connectivity index (χ0) is 14.7. The fourth-order valence-electron chi connectivity index (χ4n) is 2.74. The molecule has 0 bridgehead atoms. The lowest BCUT2D eigenvalue weighted by Crippen LogP contribution is -2.36. The van der Waals surface area contributed by atoms with Crippen molar-refractivity contribution in [2.24, 2.45) is 11.8 Å². The van der Waals surface area contributed by atoms with Crippen LogP contribution in [0.2, 0.25) is 0 Å². The topological polar surface area (TPSA) is 79.5 Å². The number of aliphatic carboxylic acids is 1. The fourth-order valence-corrected chi connectivity index (χ4v) is 2.74. The highest BCUT2D eigenvalue weighted by Gasteiger charge is 2.31. The van der Waals surface area contributed by atoms with Crippen LogP contribution in [0.5, 0.6) is 0 Å². The minimum Gasteiger partial charge on any atom is -0.481 e. The van der Waals surface area contributed by atoms with Crippen LogP contribution < -0.4 is 5.32 Å². The van der Waals surface area contributed by atoms with E-state index < -0.39 is 5.97 Å². The first-order chi connectivity index (χ1) is 9.47. The van der Waals surface area contributed by atoms with Crippen LogP contribution in [-0.4, -0.2) is 17.0 Å². The number of furan rings is 1. The smallest absolute Gasteiger partial charge is 0.306 e. The Labute approximate surface area is 118 Å². The number of hydrogen-bond acceptors (Lipinski definition) is 3. The molecule has 1 fully saturated rings. The van der Waals surface area contributed by atoms with Gasteiger partial charge >= 0.3 is 5.97 Å². The van der Waals surface area contributed by atoms with Gasteiger partial charge in [-0.25, -0.2) is 0 Å². The Bertz CT molecular complexity index is 494. The average molecular weight is 279 g/mol. The molecule has 0 saturated heterocycles. The normalized spacial score (nSPS) is 24.1. The summed E-state index contributed by atoms with van der Waals surface area (Å²) in [5, 5.41) is 12.0. The van der Waals surface area contributed by atoms with Crippen molar-refractivity contribution in [1.29, 1.82) is 0 Å². The lowest BCUT2D eigenvalue weighted by atomic mass is 9.81. The molecule has 1 aromatic rings. The molecule has 2 N–H and O–H groups in total. The van der Waals surface area contributed by atoms with E-state index in [-0.39, 0.29) is 23.8 Å². The van der Waals surface area contributed by atoms with Crippen LogP contribution in [0.1, 0.15) is 50.2 Å². The van der Waals surface area contributed by atoms with E-state index in [4.69, 9.17) is 9.52 Å². The molecule has 3 unspecified atom stereocenters. The molecule has 5 heteroatoms. The molecule has 1 heterocycles. The van der Waals surface area contributed by atoms with E-state index in [1.54, 1.807) is 0 Å². The summed E-state index contributed by atoms with van der Waals surface area (Å²) in [4.78, 5) is 23.2. The van der Waals surface area contributed by atoms with Gasteiger partial charge in [-0.3, -0.25) is 9.59 Å². The number of nitrogens with one attached hydrogen (secondary N) is 1. The van der Waals surface area contributed by atoms with Crippen molar-refractivity contribution >= 4 is 11.9 Å². The van der Waals surface area contributed by atoms with Gasteiger partial charge in [0.1, 0.15) is 11.5 Å². The molecule has 3 atom stereocenters. The van der Waals surface area contributed by atoms with Gasteiger partial charge in [-0.1, -0.05) is 6.42 Å². The van der Waals surface area contributed by atoms with Crippen molar-refractivity contribution < 1.29 is 19.1 Å². The lowest BCUT2D eigenvalue weighted by molar-refractivity contribution is -0.144. The minimum atomic E-state index is -0.794. The van der Waals surface area contributed by atoms with Crippen molar-refractivity contribution in [1.82, 2.24) is 5.32 Å². The highest BCUT2D eigenvalue weighted by Crippen LogP contribution is 2.30. The van der Waals surface area contributed by atoms with Crippen LogP contribution in [0.25, 0.3) is 0 Å². The lowest BCUT2D eigenvalue weighted by Gasteiger charge is -2.26. The first kappa shape index (κ1) is 14.6. The predicted molar refractivity (Wildman–Crippen MR) is 73.1 cm³/mol. The molecule has 1 amide bonds. The maximum atomic E-state index is 12.2. The average Bonchev–Trinajstić information content (AvgIpc) is 2.85. The Hall–Kier alpha value is -1.78. The second-order valence-electron chi connectivity index (χ2n) is 5.58. The van der Waals surface area contributed by atoms with Gasteiger partial charge in [0, 0.05) is 5.92 Å². The summed E-state index contributed by atoms with van der Waals surface area (Å²) in [5.74, 6) is 0.0740. The first-order valence-electron chi connectivity index (χ1n) is 7.07. The standard InChI is InChI=1S/C15H21NO4/c1-9-6-7-13(20-9)10(2)16-14(17)11-4-3-5-12(8-11)15(18)19/h6-7,10-12H,3-5,8H2,1-2H3,(H,16,17)(H,18,19). The second kappa shape index (κ2) is 6.11. The summed E-state index contributed by atoms with van der Waals surface area (Å²) in [6.07, 6.45) is 2.67. The molecule has 110 valence electrons. The van der Waals surface area contributed by atoms with Crippen LogP contribution in [0, 0.1) is 18.8 Å². The van der Waals surface area contributed by atoms with Crippen LogP contribution in [-0.2, 0) is 9.59 Å². The van der Waals surface area contributed by atoms with E-state index in [9.17, 15) is 9.59 Å². The molecular weight excluding hydrogens is 258 g/mol. The summed E-state index contributed by atoms with van der Waals surface area (Å²) in [6.45, 7) is 3.73. The molecule has 2 rings (SSSR count). The number of carboxylic acids is 1. The molecule has 1 aromatic heterocycles. The zero-order valence-corrected chi connectivity index (χ0v) is 11.9. The van der Waals surface area contributed by atoms with Gasteiger partial charge in [0.15, 0.2) is 0 Å². The molecule has 0 aromatic carbocycles. The summed E-state index contributed by atoms with van der Waals surface area (Å²) >= 11 is 0. The number of rotatable bonds is 4. The van der Waals surface area contributed by atoms with E-state index in [0.717, 1.165) is 24.4 Å². The Morgan fingerprint density at radius 3 is 2.65 bits per heavy atom. The highest BCUT2D eigenvalue weighted by atomic mass is 16.4. The summed E-state index contributed by atoms with van der Waals surface area (Å²) < 4.78 is 5.48. The number of carbonyl (C=O) groups excluding carboxylic acids is 1. The molecule has 0 aliphatic heterocycles. The maximum Gasteiger partial charge on any atom is 0.306 e. The Morgan fingerprint density at radius 1 is 1.35 bits per heavy atom. The van der Waals surface area contributed by atoms with Gasteiger partial charge in [-0.05, 0) is 45.2 Å². The predicted octanol–water partition coefficient (Wildman–Crippen LogP) is 2.66. The second-order valence-corrected chi connectivity index (χ2v) is 5.58. The fraction of sp³-hybridized carbons (Fsp3) is 0.600. The van der Waals surface area contributed by atoms with Gasteiger partial charge in [0.2, 0.25) is 5.91 Å². The molecular formula is C15H21NO4. The SMILES string of the molecule is Cc1ccc(C(C)NC(=O)C2CCCC(C(=O)O)C2)o1. The highest BCUT2D eigenvalue weighted by molar-refractivity contribution is 5.80. The van der Waals surface area contributed by atoms with Gasteiger partial charge in [0.05, 0.1) is 12.0 Å². The van der Waals surface area contributed by atoms with Crippen LogP contribution in [0.3, 0.4) is 0 Å². The third kappa shape index (κ3) is 3.40. The Balaban J connectivity index is 1.92. The largest absolute Gasteiger partial charge is 0.481 e. The van der Waals surface area contributed by atoms with Crippen LogP contribution in [0.4, 0.5) is 0 Å². The van der Waals surface area contributed by atoms with E-state index in [1.807, 2.05) is 26.0 Å². The van der Waals surface area contributed by atoms with Crippen molar-refractivity contribution in [2.45, 2.75) is 45.6 Å². The number of carboxylic acid groups (broad SMARTS) is 1. The number of hydrogen-bond donors (Lipinski definition) is 2. The van der Waals surface area contributed by atoms with Crippen LogP contribution >= 0.6 is 0 Å². The molecule has 5 nitrogen and oxygen atoms in total. The summed E-state index contributed by atoms with van der Waals surface area (Å²) in [6, 6.07) is 3.52. The summed E-state index contributed by atoms with van der Waals surface area (Å²) in [5.41, 5.74) is 0. The first-order valence-corrected chi connectivity index (χ1v) is 7.07. The molecule has 0 spiro atoms. The van der Waals surface area contributed by atoms with Gasteiger partial charge in [0.25, 0.3) is 0 Å².